The Balaban J connectivity index is 1.57. The number of rotatable bonds is 3. The highest BCUT2D eigenvalue weighted by Crippen LogP contribution is 2.41. The molecule has 2 aromatic rings. The number of likely N-dealkylation sites (tertiary alicyclic amines) is 1. The molecule has 2 aliphatic heterocycles. The van der Waals surface area contributed by atoms with Crippen molar-refractivity contribution in [2.24, 2.45) is 5.41 Å². The number of carbonyl (C=O) groups excluding carboxylic acids is 1. The van der Waals surface area contributed by atoms with Crippen molar-refractivity contribution in [2.45, 2.75) is 19.3 Å². The summed E-state index contributed by atoms with van der Waals surface area (Å²) in [6.45, 7) is 2.87. The number of para-hydroxylation sites is 1. The maximum atomic E-state index is 12.9. The smallest absolute Gasteiger partial charge is 0.230 e. The summed E-state index contributed by atoms with van der Waals surface area (Å²) in [4.78, 5) is 21.8. The normalized spacial score (nSPS) is 24.3. The van der Waals surface area contributed by atoms with E-state index in [2.05, 4.69) is 23.1 Å². The van der Waals surface area contributed by atoms with Crippen LogP contribution in [0, 0.1) is 5.41 Å². The molecule has 1 N–H and O–H groups in total. The number of pyridine rings is 1. The first-order valence-electron chi connectivity index (χ1n) is 8.73. The zero-order valence-electron chi connectivity index (χ0n) is 13.8. The van der Waals surface area contributed by atoms with E-state index in [9.17, 15) is 9.90 Å². The highest BCUT2D eigenvalue weighted by Gasteiger charge is 2.48. The standard InChI is InChI=1S/C19H23N3O2/c23-13-12-21-10-3-8-19(18(21)24)9-11-22(14-19)17-7-6-15-4-1-2-5-16(15)20-17/h1-2,4-7,23H,3,8-14H2. The van der Waals surface area contributed by atoms with Crippen molar-refractivity contribution < 1.29 is 9.90 Å². The third-order valence-electron chi connectivity index (χ3n) is 5.46. The Hall–Kier alpha value is -2.14. The van der Waals surface area contributed by atoms with Gasteiger partial charge in [0.2, 0.25) is 5.91 Å². The molecule has 1 spiro atoms. The van der Waals surface area contributed by atoms with E-state index in [1.165, 1.54) is 0 Å². The second-order valence-corrected chi connectivity index (χ2v) is 6.93. The molecule has 24 heavy (non-hydrogen) atoms. The molecule has 1 atom stereocenters. The molecule has 0 aliphatic carbocycles. The van der Waals surface area contributed by atoms with Crippen LogP contribution in [0.4, 0.5) is 5.82 Å². The number of hydrogen-bond donors (Lipinski definition) is 1. The highest BCUT2D eigenvalue weighted by atomic mass is 16.3. The van der Waals surface area contributed by atoms with Gasteiger partial charge in [-0.2, -0.15) is 0 Å². The Morgan fingerprint density at radius 1 is 1.12 bits per heavy atom. The fourth-order valence-corrected chi connectivity index (χ4v) is 4.16. The lowest BCUT2D eigenvalue weighted by molar-refractivity contribution is -0.145. The number of β-amino-alcohol motifs (C(OH)–C–C–N with tert-alkyl or cyclic N) is 1. The number of aromatic nitrogens is 1. The molecule has 5 heteroatoms. The molecular weight excluding hydrogens is 302 g/mol. The second kappa shape index (κ2) is 6.06. The van der Waals surface area contributed by atoms with Crippen LogP contribution in [0.5, 0.6) is 0 Å². The molecule has 1 aromatic carbocycles. The number of fused-ring (bicyclic) bond motifs is 1. The zero-order valence-corrected chi connectivity index (χ0v) is 13.8. The lowest BCUT2D eigenvalue weighted by Gasteiger charge is -2.39. The van der Waals surface area contributed by atoms with Crippen LogP contribution in [0.15, 0.2) is 36.4 Å². The number of anilines is 1. The number of aliphatic hydroxyl groups is 1. The van der Waals surface area contributed by atoms with Gasteiger partial charge >= 0.3 is 0 Å². The SMILES string of the molecule is O=C1N(CCO)CCCC12CCN(c1ccc3ccccc3n1)C2. The molecule has 1 amide bonds. The van der Waals surface area contributed by atoms with Gasteiger partial charge in [-0.05, 0) is 37.5 Å². The van der Waals surface area contributed by atoms with E-state index in [1.54, 1.807) is 0 Å². The fraction of sp³-hybridized carbons (Fsp3) is 0.474. The molecule has 2 aliphatic rings. The van der Waals surface area contributed by atoms with Gasteiger partial charge in [-0.1, -0.05) is 18.2 Å². The minimum Gasteiger partial charge on any atom is -0.395 e. The van der Waals surface area contributed by atoms with Crippen molar-refractivity contribution in [1.82, 2.24) is 9.88 Å². The van der Waals surface area contributed by atoms with Gasteiger partial charge in [-0.3, -0.25) is 4.79 Å². The molecule has 3 heterocycles. The number of hydrogen-bond acceptors (Lipinski definition) is 4. The first kappa shape index (κ1) is 15.4. The Labute approximate surface area is 141 Å². The van der Waals surface area contributed by atoms with E-state index < -0.39 is 0 Å². The van der Waals surface area contributed by atoms with Gasteiger partial charge in [0.1, 0.15) is 5.82 Å². The molecule has 0 bridgehead atoms. The van der Waals surface area contributed by atoms with E-state index in [4.69, 9.17) is 4.98 Å². The predicted octanol–water partition coefficient (Wildman–Crippen LogP) is 2.05. The van der Waals surface area contributed by atoms with Crippen LogP contribution in [-0.2, 0) is 4.79 Å². The van der Waals surface area contributed by atoms with Crippen LogP contribution < -0.4 is 4.90 Å². The summed E-state index contributed by atoms with van der Waals surface area (Å²) in [7, 11) is 0. The summed E-state index contributed by atoms with van der Waals surface area (Å²) in [5, 5.41) is 10.3. The largest absolute Gasteiger partial charge is 0.395 e. The van der Waals surface area contributed by atoms with Crippen LogP contribution in [-0.4, -0.2) is 53.7 Å². The highest BCUT2D eigenvalue weighted by molar-refractivity contribution is 5.85. The number of benzene rings is 1. The molecule has 5 nitrogen and oxygen atoms in total. The molecule has 2 saturated heterocycles. The topological polar surface area (TPSA) is 56.7 Å². The molecule has 0 radical (unpaired) electrons. The third kappa shape index (κ3) is 2.53. The van der Waals surface area contributed by atoms with Crippen LogP contribution in [0.3, 0.4) is 0 Å². The van der Waals surface area contributed by atoms with E-state index in [1.807, 2.05) is 23.1 Å². The molecular formula is C19H23N3O2. The first-order chi connectivity index (χ1) is 11.7. The Bertz CT molecular complexity index is 761. The Morgan fingerprint density at radius 2 is 2.00 bits per heavy atom. The van der Waals surface area contributed by atoms with E-state index in [0.29, 0.717) is 6.54 Å². The maximum Gasteiger partial charge on any atom is 0.230 e. The first-order valence-corrected chi connectivity index (χ1v) is 8.73. The van der Waals surface area contributed by atoms with Gasteiger partial charge in [0, 0.05) is 31.6 Å². The van der Waals surface area contributed by atoms with Gasteiger partial charge in [-0.15, -0.1) is 0 Å². The van der Waals surface area contributed by atoms with Crippen LogP contribution in [0.1, 0.15) is 19.3 Å². The van der Waals surface area contributed by atoms with Gasteiger partial charge in [0.25, 0.3) is 0 Å². The molecule has 2 fully saturated rings. The van der Waals surface area contributed by atoms with Crippen LogP contribution in [0.2, 0.25) is 0 Å². The number of nitrogens with zero attached hydrogens (tertiary/aromatic N) is 3. The van der Waals surface area contributed by atoms with Gasteiger partial charge in [-0.25, -0.2) is 4.98 Å². The van der Waals surface area contributed by atoms with Crippen LogP contribution >= 0.6 is 0 Å². The summed E-state index contributed by atoms with van der Waals surface area (Å²) in [6, 6.07) is 12.3. The van der Waals surface area contributed by atoms with Gasteiger partial charge in [0.15, 0.2) is 0 Å². The quantitative estimate of drug-likeness (QED) is 0.938. The van der Waals surface area contributed by atoms with Gasteiger partial charge < -0.3 is 14.9 Å². The van der Waals surface area contributed by atoms with Crippen molar-refractivity contribution in [3.8, 4) is 0 Å². The Morgan fingerprint density at radius 3 is 2.88 bits per heavy atom. The lowest BCUT2D eigenvalue weighted by atomic mass is 9.78. The van der Waals surface area contributed by atoms with E-state index >= 15 is 0 Å². The molecule has 1 aromatic heterocycles. The zero-order chi connectivity index (χ0) is 16.6. The van der Waals surface area contributed by atoms with Crippen molar-refractivity contribution in [2.75, 3.05) is 37.7 Å². The minimum atomic E-state index is -0.291. The van der Waals surface area contributed by atoms with Crippen molar-refractivity contribution in [3.05, 3.63) is 36.4 Å². The number of amides is 1. The average molecular weight is 325 g/mol. The summed E-state index contributed by atoms with van der Waals surface area (Å²) in [5.74, 6) is 1.17. The second-order valence-electron chi connectivity index (χ2n) is 6.93. The lowest BCUT2D eigenvalue weighted by Crippen LogP contribution is -2.50. The maximum absolute atomic E-state index is 12.9. The summed E-state index contributed by atoms with van der Waals surface area (Å²) >= 11 is 0. The molecule has 1 unspecified atom stereocenters. The number of piperidine rings is 1. The summed E-state index contributed by atoms with van der Waals surface area (Å²) in [5.41, 5.74) is 0.702. The monoisotopic (exact) mass is 325 g/mol. The predicted molar refractivity (Wildman–Crippen MR) is 93.9 cm³/mol. The van der Waals surface area contributed by atoms with Crippen molar-refractivity contribution >= 4 is 22.6 Å². The molecule has 126 valence electrons. The molecule has 0 saturated carbocycles. The fourth-order valence-electron chi connectivity index (χ4n) is 4.16. The Kier molecular flexibility index (Phi) is 3.88. The third-order valence-corrected chi connectivity index (χ3v) is 5.46. The van der Waals surface area contributed by atoms with Gasteiger partial charge in [0.05, 0.1) is 17.5 Å². The minimum absolute atomic E-state index is 0.0394. The summed E-state index contributed by atoms with van der Waals surface area (Å²) in [6.07, 6.45) is 2.84. The van der Waals surface area contributed by atoms with Crippen molar-refractivity contribution in [1.29, 1.82) is 0 Å². The van der Waals surface area contributed by atoms with E-state index in [-0.39, 0.29) is 17.9 Å². The average Bonchev–Trinajstić information content (AvgIpc) is 3.04. The van der Waals surface area contributed by atoms with Crippen molar-refractivity contribution in [3.63, 3.8) is 0 Å². The number of aliphatic hydroxyl groups excluding tert-OH is 1. The van der Waals surface area contributed by atoms with Crippen LogP contribution in [0.25, 0.3) is 10.9 Å². The summed E-state index contributed by atoms with van der Waals surface area (Å²) < 4.78 is 0. The van der Waals surface area contributed by atoms with E-state index in [0.717, 1.165) is 55.6 Å². The molecule has 4 rings (SSSR count). The number of carbonyl (C=O) groups is 1.